The molecule has 0 aromatic heterocycles. The summed E-state index contributed by atoms with van der Waals surface area (Å²) in [5.74, 6) is -1.07. The predicted molar refractivity (Wildman–Crippen MR) is 127 cm³/mol. The number of primary amides is 1. The number of nitrogens with two attached hydrogens (primary N) is 2. The second-order valence-corrected chi connectivity index (χ2v) is 9.77. The number of anilines is 1. The van der Waals surface area contributed by atoms with Gasteiger partial charge in [0.15, 0.2) is 0 Å². The van der Waals surface area contributed by atoms with Gasteiger partial charge in [-0.25, -0.2) is 12.8 Å². The van der Waals surface area contributed by atoms with Crippen LogP contribution in [-0.4, -0.2) is 31.7 Å². The number of hydrogen-bond donors (Lipinski definition) is 2. The van der Waals surface area contributed by atoms with Crippen molar-refractivity contribution in [3.63, 3.8) is 0 Å². The molecule has 4 N–H and O–H groups in total. The first-order valence-electron chi connectivity index (χ1n) is 10.4. The summed E-state index contributed by atoms with van der Waals surface area (Å²) in [6, 6.07) is 16.9. The van der Waals surface area contributed by atoms with E-state index in [1.54, 1.807) is 30.3 Å². The Bertz CT molecular complexity index is 1440. The SMILES string of the molecule is N#Cc1ccc(S(=O)(=O)N2CC=C(c3cc(-c4ccc(F)cc4)cc(C(N)=O)c3N)CC2)cc1. The van der Waals surface area contributed by atoms with Crippen LogP contribution in [0.15, 0.2) is 71.6 Å². The molecule has 0 aliphatic carbocycles. The van der Waals surface area contributed by atoms with E-state index in [1.165, 1.54) is 40.7 Å². The molecule has 34 heavy (non-hydrogen) atoms. The lowest BCUT2D eigenvalue weighted by molar-refractivity contribution is 0.100. The molecule has 0 saturated carbocycles. The number of hydrogen-bond acceptors (Lipinski definition) is 5. The zero-order valence-electron chi connectivity index (χ0n) is 18.0. The van der Waals surface area contributed by atoms with Gasteiger partial charge in [0.25, 0.3) is 5.91 Å². The molecule has 1 amide bonds. The standard InChI is InChI=1S/C25H21FN4O3S/c26-20-5-3-17(4-6-20)19-13-22(24(28)23(14-19)25(29)31)18-9-11-30(12-10-18)34(32,33)21-7-1-16(15-27)2-8-21/h1-9,13-14H,10-12,28H2,(H2,29,31). The first kappa shape index (κ1) is 23.2. The highest BCUT2D eigenvalue weighted by molar-refractivity contribution is 7.89. The zero-order chi connectivity index (χ0) is 24.5. The van der Waals surface area contributed by atoms with Crippen LogP contribution in [0.1, 0.15) is 27.9 Å². The minimum Gasteiger partial charge on any atom is -0.398 e. The molecule has 1 aliphatic heterocycles. The van der Waals surface area contributed by atoms with Gasteiger partial charge in [-0.1, -0.05) is 18.2 Å². The van der Waals surface area contributed by atoms with E-state index in [9.17, 15) is 17.6 Å². The van der Waals surface area contributed by atoms with Crippen molar-refractivity contribution < 1.29 is 17.6 Å². The summed E-state index contributed by atoms with van der Waals surface area (Å²) < 4.78 is 40.7. The van der Waals surface area contributed by atoms with Gasteiger partial charge in [0.05, 0.1) is 27.8 Å². The van der Waals surface area contributed by atoms with E-state index in [-0.39, 0.29) is 35.1 Å². The van der Waals surface area contributed by atoms with Crippen molar-refractivity contribution in [2.45, 2.75) is 11.3 Å². The summed E-state index contributed by atoms with van der Waals surface area (Å²) in [7, 11) is -3.74. The number of carbonyl (C=O) groups excluding carboxylic acids is 1. The molecular formula is C25H21FN4O3S. The first-order valence-corrected chi connectivity index (χ1v) is 11.8. The molecule has 0 atom stereocenters. The van der Waals surface area contributed by atoms with Gasteiger partial charge >= 0.3 is 0 Å². The summed E-state index contributed by atoms with van der Waals surface area (Å²) in [5, 5.41) is 8.92. The third-order valence-corrected chi connectivity index (χ3v) is 7.64. The Labute approximate surface area is 196 Å². The van der Waals surface area contributed by atoms with Crippen LogP contribution < -0.4 is 11.5 Å². The summed E-state index contributed by atoms with van der Waals surface area (Å²) in [6.07, 6.45) is 2.13. The third-order valence-electron chi connectivity index (χ3n) is 5.76. The number of sulfonamides is 1. The number of amides is 1. The fourth-order valence-corrected chi connectivity index (χ4v) is 5.28. The number of carbonyl (C=O) groups is 1. The molecule has 0 saturated heterocycles. The van der Waals surface area contributed by atoms with Gasteiger partial charge in [0, 0.05) is 18.7 Å². The van der Waals surface area contributed by atoms with E-state index < -0.39 is 15.9 Å². The molecule has 1 aliphatic rings. The number of nitrogens with zero attached hydrogens (tertiary/aromatic N) is 2. The number of nitrogen functional groups attached to an aromatic ring is 1. The monoisotopic (exact) mass is 476 g/mol. The molecule has 0 unspecified atom stereocenters. The Morgan fingerprint density at radius 2 is 1.71 bits per heavy atom. The second kappa shape index (κ2) is 9.09. The van der Waals surface area contributed by atoms with Crippen molar-refractivity contribution in [3.8, 4) is 17.2 Å². The quantitative estimate of drug-likeness (QED) is 0.544. The highest BCUT2D eigenvalue weighted by atomic mass is 32.2. The van der Waals surface area contributed by atoms with Crippen molar-refractivity contribution in [2.24, 2.45) is 5.73 Å². The summed E-state index contributed by atoms with van der Waals surface area (Å²) in [5.41, 5.74) is 15.3. The van der Waals surface area contributed by atoms with Crippen molar-refractivity contribution >= 4 is 27.2 Å². The molecule has 1 heterocycles. The molecule has 9 heteroatoms. The number of rotatable bonds is 5. The minimum absolute atomic E-state index is 0.109. The largest absolute Gasteiger partial charge is 0.398 e. The Hall–Kier alpha value is -4.00. The first-order chi connectivity index (χ1) is 16.2. The van der Waals surface area contributed by atoms with Gasteiger partial charge in [0.2, 0.25) is 10.0 Å². The summed E-state index contributed by atoms with van der Waals surface area (Å²) >= 11 is 0. The smallest absolute Gasteiger partial charge is 0.250 e. The maximum atomic E-state index is 13.4. The fraction of sp³-hybridized carbons (Fsp3) is 0.120. The molecule has 0 radical (unpaired) electrons. The van der Waals surface area contributed by atoms with E-state index >= 15 is 0 Å². The van der Waals surface area contributed by atoms with E-state index in [1.807, 2.05) is 6.07 Å². The minimum atomic E-state index is -3.74. The van der Waals surface area contributed by atoms with E-state index in [2.05, 4.69) is 0 Å². The Morgan fingerprint density at radius 3 is 2.26 bits per heavy atom. The van der Waals surface area contributed by atoms with E-state index in [4.69, 9.17) is 16.7 Å². The van der Waals surface area contributed by atoms with Crippen LogP contribution >= 0.6 is 0 Å². The molecular weight excluding hydrogens is 455 g/mol. The molecule has 0 bridgehead atoms. The van der Waals surface area contributed by atoms with Crippen LogP contribution in [0.5, 0.6) is 0 Å². The topological polar surface area (TPSA) is 130 Å². The van der Waals surface area contributed by atoms with E-state index in [0.29, 0.717) is 28.7 Å². The Balaban J connectivity index is 1.68. The van der Waals surface area contributed by atoms with Gasteiger partial charge in [0.1, 0.15) is 5.82 Å². The van der Waals surface area contributed by atoms with Crippen LogP contribution in [0, 0.1) is 17.1 Å². The lowest BCUT2D eigenvalue weighted by atomic mass is 9.91. The Kier molecular flexibility index (Phi) is 6.20. The van der Waals surface area contributed by atoms with Crippen LogP contribution in [0.3, 0.4) is 0 Å². The van der Waals surface area contributed by atoms with Gasteiger partial charge < -0.3 is 11.5 Å². The predicted octanol–water partition coefficient (Wildman–Crippen LogP) is 3.52. The average Bonchev–Trinajstić information content (AvgIpc) is 2.84. The maximum absolute atomic E-state index is 13.4. The van der Waals surface area contributed by atoms with E-state index in [0.717, 1.165) is 5.57 Å². The number of halogens is 1. The van der Waals surface area contributed by atoms with Crippen molar-refractivity contribution in [1.29, 1.82) is 5.26 Å². The van der Waals surface area contributed by atoms with Crippen LogP contribution in [0.4, 0.5) is 10.1 Å². The second-order valence-electron chi connectivity index (χ2n) is 7.83. The van der Waals surface area contributed by atoms with Gasteiger partial charge in [-0.05, 0) is 71.7 Å². The molecule has 3 aromatic rings. The van der Waals surface area contributed by atoms with Crippen LogP contribution in [-0.2, 0) is 10.0 Å². The lowest BCUT2D eigenvalue weighted by Crippen LogP contribution is -2.34. The van der Waals surface area contributed by atoms with Crippen molar-refractivity contribution in [2.75, 3.05) is 18.8 Å². The normalized spacial score (nSPS) is 14.3. The lowest BCUT2D eigenvalue weighted by Gasteiger charge is -2.27. The third kappa shape index (κ3) is 4.41. The summed E-state index contributed by atoms with van der Waals surface area (Å²) in [6.45, 7) is 0.323. The number of nitriles is 1. The summed E-state index contributed by atoms with van der Waals surface area (Å²) in [4.78, 5) is 12.1. The van der Waals surface area contributed by atoms with Gasteiger partial charge in [-0.2, -0.15) is 9.57 Å². The fourth-order valence-electron chi connectivity index (χ4n) is 3.90. The molecule has 0 spiro atoms. The van der Waals surface area contributed by atoms with Crippen molar-refractivity contribution in [1.82, 2.24) is 4.31 Å². The van der Waals surface area contributed by atoms with Gasteiger partial charge in [-0.3, -0.25) is 4.79 Å². The molecule has 0 fully saturated rings. The molecule has 7 nitrogen and oxygen atoms in total. The molecule has 3 aromatic carbocycles. The van der Waals surface area contributed by atoms with Crippen LogP contribution in [0.2, 0.25) is 0 Å². The van der Waals surface area contributed by atoms with Gasteiger partial charge in [-0.15, -0.1) is 0 Å². The molecule has 4 rings (SSSR count). The Morgan fingerprint density at radius 1 is 1.03 bits per heavy atom. The maximum Gasteiger partial charge on any atom is 0.250 e. The highest BCUT2D eigenvalue weighted by Crippen LogP contribution is 2.35. The number of benzene rings is 3. The zero-order valence-corrected chi connectivity index (χ0v) is 18.8. The van der Waals surface area contributed by atoms with Crippen LogP contribution in [0.25, 0.3) is 16.7 Å². The molecule has 172 valence electrons. The average molecular weight is 477 g/mol. The van der Waals surface area contributed by atoms with Crippen molar-refractivity contribution in [3.05, 3.63) is 89.2 Å². The highest BCUT2D eigenvalue weighted by Gasteiger charge is 2.27.